The second-order valence-corrected chi connectivity index (χ2v) is 7.86. The van der Waals surface area contributed by atoms with Gasteiger partial charge < -0.3 is 24.8 Å². The molecule has 32 heavy (non-hydrogen) atoms. The average Bonchev–Trinajstić information content (AvgIpc) is 3.04. The van der Waals surface area contributed by atoms with Gasteiger partial charge in [0.15, 0.2) is 18.1 Å². The van der Waals surface area contributed by atoms with Crippen LogP contribution in [0.15, 0.2) is 71.2 Å². The highest BCUT2D eigenvalue weighted by Gasteiger charge is 2.13. The Kier molecular flexibility index (Phi) is 6.91. The molecule has 0 fully saturated rings. The molecule has 1 aliphatic rings. The third-order valence-corrected chi connectivity index (χ3v) is 5.32. The molecule has 8 heteroatoms. The number of rotatable bonds is 6. The summed E-state index contributed by atoms with van der Waals surface area (Å²) in [4.78, 5) is 24.6. The lowest BCUT2D eigenvalue weighted by Crippen LogP contribution is -2.20. The molecule has 0 atom stereocenters. The Morgan fingerprint density at radius 1 is 0.875 bits per heavy atom. The fraction of sp³-hybridized carbons (Fsp3) is 0.167. The highest BCUT2D eigenvalue weighted by molar-refractivity contribution is 9.10. The summed E-state index contributed by atoms with van der Waals surface area (Å²) in [5, 5.41) is 5.61. The topological polar surface area (TPSA) is 85.9 Å². The van der Waals surface area contributed by atoms with E-state index in [4.69, 9.17) is 14.2 Å². The van der Waals surface area contributed by atoms with E-state index in [0.29, 0.717) is 47.4 Å². The summed E-state index contributed by atoms with van der Waals surface area (Å²) in [7, 11) is 0. The van der Waals surface area contributed by atoms with Crippen LogP contribution in [0.25, 0.3) is 0 Å². The first-order valence-corrected chi connectivity index (χ1v) is 10.9. The van der Waals surface area contributed by atoms with Crippen molar-refractivity contribution >= 4 is 39.1 Å². The minimum Gasteiger partial charge on any atom is -0.490 e. The SMILES string of the molecule is O=C(COc1ccc(NC(=O)c2ccccc2Br)cc1)Nc1ccc2c(c1)OCCCO2. The number of halogens is 1. The molecule has 2 amide bonds. The third-order valence-electron chi connectivity index (χ3n) is 4.63. The molecule has 0 spiro atoms. The number of carbonyl (C=O) groups excluding carboxylic acids is 2. The van der Waals surface area contributed by atoms with Gasteiger partial charge in [-0.05, 0) is 64.5 Å². The van der Waals surface area contributed by atoms with E-state index in [-0.39, 0.29) is 18.4 Å². The Hall–Kier alpha value is -3.52. The number of carbonyl (C=O) groups is 2. The molecule has 0 saturated carbocycles. The van der Waals surface area contributed by atoms with Crippen molar-refractivity contribution in [1.82, 2.24) is 0 Å². The highest BCUT2D eigenvalue weighted by atomic mass is 79.9. The smallest absolute Gasteiger partial charge is 0.262 e. The number of anilines is 2. The Bertz CT molecular complexity index is 1120. The largest absolute Gasteiger partial charge is 0.490 e. The van der Waals surface area contributed by atoms with Crippen molar-refractivity contribution in [2.24, 2.45) is 0 Å². The molecule has 7 nitrogen and oxygen atoms in total. The van der Waals surface area contributed by atoms with Crippen LogP contribution >= 0.6 is 15.9 Å². The molecule has 2 N–H and O–H groups in total. The van der Waals surface area contributed by atoms with Gasteiger partial charge in [-0.2, -0.15) is 0 Å². The van der Waals surface area contributed by atoms with Crippen LogP contribution in [0.4, 0.5) is 11.4 Å². The molecule has 4 rings (SSSR count). The molecule has 164 valence electrons. The number of benzene rings is 3. The summed E-state index contributed by atoms with van der Waals surface area (Å²) in [6, 6.07) is 19.3. The first-order valence-electron chi connectivity index (χ1n) is 10.1. The number of amides is 2. The van der Waals surface area contributed by atoms with Gasteiger partial charge in [0.1, 0.15) is 5.75 Å². The van der Waals surface area contributed by atoms with Crippen LogP contribution in [0, 0.1) is 0 Å². The van der Waals surface area contributed by atoms with Gasteiger partial charge in [0, 0.05) is 28.3 Å². The van der Waals surface area contributed by atoms with E-state index in [1.165, 1.54) is 0 Å². The van der Waals surface area contributed by atoms with Crippen LogP contribution < -0.4 is 24.8 Å². The van der Waals surface area contributed by atoms with Crippen LogP contribution in [0.3, 0.4) is 0 Å². The van der Waals surface area contributed by atoms with Crippen molar-refractivity contribution in [1.29, 1.82) is 0 Å². The van der Waals surface area contributed by atoms with Crippen molar-refractivity contribution in [3.05, 3.63) is 76.8 Å². The standard InChI is InChI=1S/C24H21BrN2O5/c25-20-5-2-1-4-19(20)24(29)27-16-6-9-18(10-7-16)32-15-23(28)26-17-8-11-21-22(14-17)31-13-3-12-30-21/h1-2,4-11,14H,3,12-13,15H2,(H,26,28)(H,27,29). The zero-order chi connectivity index (χ0) is 22.3. The molecule has 1 heterocycles. The first kappa shape index (κ1) is 21.7. The maximum Gasteiger partial charge on any atom is 0.262 e. The van der Waals surface area contributed by atoms with Crippen LogP contribution in [-0.4, -0.2) is 31.6 Å². The first-order chi connectivity index (χ1) is 15.6. The zero-order valence-electron chi connectivity index (χ0n) is 17.1. The summed E-state index contributed by atoms with van der Waals surface area (Å²) in [6.07, 6.45) is 0.816. The molecule has 0 aliphatic carbocycles. The van der Waals surface area contributed by atoms with Gasteiger partial charge in [0.25, 0.3) is 11.8 Å². The molecule has 0 aromatic heterocycles. The second kappa shape index (κ2) is 10.2. The predicted molar refractivity (Wildman–Crippen MR) is 125 cm³/mol. The Morgan fingerprint density at radius 2 is 1.59 bits per heavy atom. The molecule has 3 aromatic rings. The quantitative estimate of drug-likeness (QED) is 0.507. The van der Waals surface area contributed by atoms with Gasteiger partial charge in [-0.15, -0.1) is 0 Å². The fourth-order valence-corrected chi connectivity index (χ4v) is 3.53. The predicted octanol–water partition coefficient (Wildman–Crippen LogP) is 4.88. The maximum atomic E-state index is 12.4. The van der Waals surface area contributed by atoms with Gasteiger partial charge in [0.05, 0.1) is 18.8 Å². The minimum atomic E-state index is -0.300. The van der Waals surface area contributed by atoms with Crippen molar-refractivity contribution in [3.63, 3.8) is 0 Å². The Labute approximate surface area is 193 Å². The number of fused-ring (bicyclic) bond motifs is 1. The summed E-state index contributed by atoms with van der Waals surface area (Å²) in [5.74, 6) is 1.27. The molecule has 1 aliphatic heterocycles. The molecule has 3 aromatic carbocycles. The second-order valence-electron chi connectivity index (χ2n) is 7.01. The van der Waals surface area contributed by atoms with E-state index in [9.17, 15) is 9.59 Å². The van der Waals surface area contributed by atoms with Crippen molar-refractivity contribution < 1.29 is 23.8 Å². The van der Waals surface area contributed by atoms with Crippen molar-refractivity contribution in [3.8, 4) is 17.2 Å². The summed E-state index contributed by atoms with van der Waals surface area (Å²) >= 11 is 3.37. The van der Waals surface area contributed by atoms with Gasteiger partial charge in [0.2, 0.25) is 0 Å². The van der Waals surface area contributed by atoms with E-state index in [0.717, 1.165) is 10.9 Å². The lowest BCUT2D eigenvalue weighted by molar-refractivity contribution is -0.118. The van der Waals surface area contributed by atoms with Crippen LogP contribution in [0.2, 0.25) is 0 Å². The van der Waals surface area contributed by atoms with Crippen molar-refractivity contribution in [2.45, 2.75) is 6.42 Å². The van der Waals surface area contributed by atoms with E-state index in [2.05, 4.69) is 26.6 Å². The highest BCUT2D eigenvalue weighted by Crippen LogP contribution is 2.32. The molecular weight excluding hydrogens is 476 g/mol. The number of hydrogen-bond acceptors (Lipinski definition) is 5. The van der Waals surface area contributed by atoms with Gasteiger partial charge >= 0.3 is 0 Å². The summed E-state index contributed by atoms with van der Waals surface area (Å²) in [5.41, 5.74) is 1.77. The molecule has 0 radical (unpaired) electrons. The molecule has 0 bridgehead atoms. The molecular formula is C24H21BrN2O5. The average molecular weight is 497 g/mol. The monoisotopic (exact) mass is 496 g/mol. The van der Waals surface area contributed by atoms with Gasteiger partial charge in [-0.3, -0.25) is 9.59 Å². The van der Waals surface area contributed by atoms with Crippen LogP contribution in [0.1, 0.15) is 16.8 Å². The Balaban J connectivity index is 1.28. The number of hydrogen-bond donors (Lipinski definition) is 2. The minimum absolute atomic E-state index is 0.156. The van der Waals surface area contributed by atoms with E-state index >= 15 is 0 Å². The van der Waals surface area contributed by atoms with E-state index < -0.39 is 0 Å². The molecule has 0 saturated heterocycles. The van der Waals surface area contributed by atoms with Crippen LogP contribution in [0.5, 0.6) is 17.2 Å². The maximum absolute atomic E-state index is 12.4. The van der Waals surface area contributed by atoms with Gasteiger partial charge in [-0.1, -0.05) is 12.1 Å². The number of nitrogens with one attached hydrogen (secondary N) is 2. The van der Waals surface area contributed by atoms with E-state index in [1.54, 1.807) is 54.6 Å². The third kappa shape index (κ3) is 5.59. The summed E-state index contributed by atoms with van der Waals surface area (Å²) < 4.78 is 17.5. The summed E-state index contributed by atoms with van der Waals surface area (Å²) in [6.45, 7) is 1.03. The zero-order valence-corrected chi connectivity index (χ0v) is 18.7. The molecule has 0 unspecified atom stereocenters. The lowest BCUT2D eigenvalue weighted by Gasteiger charge is -2.11. The fourth-order valence-electron chi connectivity index (χ4n) is 3.07. The normalized spacial score (nSPS) is 12.4. The van der Waals surface area contributed by atoms with Crippen LogP contribution in [-0.2, 0) is 4.79 Å². The number of ether oxygens (including phenoxy) is 3. The van der Waals surface area contributed by atoms with E-state index in [1.807, 2.05) is 12.1 Å². The van der Waals surface area contributed by atoms with Gasteiger partial charge in [-0.25, -0.2) is 0 Å². The Morgan fingerprint density at radius 3 is 2.38 bits per heavy atom. The van der Waals surface area contributed by atoms with Crippen molar-refractivity contribution in [2.75, 3.05) is 30.5 Å². The lowest BCUT2D eigenvalue weighted by atomic mass is 10.2.